The summed E-state index contributed by atoms with van der Waals surface area (Å²) in [5.74, 6) is 1.09. The molecule has 15 heavy (non-hydrogen) atoms. The molecule has 1 heterocycles. The molecule has 0 saturated heterocycles. The lowest BCUT2D eigenvalue weighted by Crippen LogP contribution is -2.30. The lowest BCUT2D eigenvalue weighted by Gasteiger charge is -2.03. The van der Waals surface area contributed by atoms with E-state index in [-0.39, 0.29) is 12.3 Å². The number of hydrogen-bond acceptors (Lipinski definition) is 5. The summed E-state index contributed by atoms with van der Waals surface area (Å²) < 4.78 is 30.2. The number of aromatic nitrogens is 1. The largest absolute Gasteiger partial charge is 0.445 e. The second kappa shape index (κ2) is 5.24. The van der Waals surface area contributed by atoms with Crippen LogP contribution in [0.25, 0.3) is 0 Å². The van der Waals surface area contributed by atoms with Crippen molar-refractivity contribution in [1.82, 2.24) is 15.0 Å². The zero-order valence-electron chi connectivity index (χ0n) is 8.78. The monoisotopic (exact) mass is 233 g/mol. The summed E-state index contributed by atoms with van der Waals surface area (Å²) in [6, 6.07) is 0. The third kappa shape index (κ3) is 4.41. The van der Waals surface area contributed by atoms with E-state index in [0.717, 1.165) is 0 Å². The fraction of sp³-hybridized carbons (Fsp3) is 0.625. The SMILES string of the molecule is CNCCS(=O)(=O)NCc1ncc(C)o1. The Morgan fingerprint density at radius 1 is 1.53 bits per heavy atom. The first-order valence-electron chi connectivity index (χ1n) is 4.57. The van der Waals surface area contributed by atoms with Gasteiger partial charge in [-0.15, -0.1) is 0 Å². The molecule has 86 valence electrons. The van der Waals surface area contributed by atoms with Crippen molar-refractivity contribution in [3.63, 3.8) is 0 Å². The van der Waals surface area contributed by atoms with Gasteiger partial charge in [-0.1, -0.05) is 0 Å². The first-order chi connectivity index (χ1) is 7.03. The Labute approximate surface area is 89.1 Å². The normalized spacial score (nSPS) is 11.9. The van der Waals surface area contributed by atoms with Crippen LogP contribution >= 0.6 is 0 Å². The van der Waals surface area contributed by atoms with E-state index >= 15 is 0 Å². The third-order valence-electron chi connectivity index (χ3n) is 1.73. The number of aryl methyl sites for hydroxylation is 1. The Hall–Kier alpha value is -0.920. The maximum absolute atomic E-state index is 11.3. The highest BCUT2D eigenvalue weighted by Gasteiger charge is 2.10. The van der Waals surface area contributed by atoms with Crippen molar-refractivity contribution >= 4 is 10.0 Å². The number of sulfonamides is 1. The second-order valence-electron chi connectivity index (χ2n) is 3.11. The molecule has 0 radical (unpaired) electrons. The molecule has 1 rings (SSSR count). The zero-order chi connectivity index (χ0) is 11.3. The topological polar surface area (TPSA) is 84.2 Å². The van der Waals surface area contributed by atoms with Crippen LogP contribution in [0.2, 0.25) is 0 Å². The number of hydrogen-bond donors (Lipinski definition) is 2. The molecule has 0 atom stereocenters. The third-order valence-corrected chi connectivity index (χ3v) is 3.06. The van der Waals surface area contributed by atoms with Gasteiger partial charge < -0.3 is 9.73 Å². The van der Waals surface area contributed by atoms with Crippen LogP contribution in [0.3, 0.4) is 0 Å². The highest BCUT2D eigenvalue weighted by atomic mass is 32.2. The minimum Gasteiger partial charge on any atom is -0.445 e. The van der Waals surface area contributed by atoms with E-state index in [9.17, 15) is 8.42 Å². The Kier molecular flexibility index (Phi) is 4.25. The number of rotatable bonds is 6. The average Bonchev–Trinajstić information content (AvgIpc) is 2.59. The molecule has 0 saturated carbocycles. The number of nitrogens with one attached hydrogen (secondary N) is 2. The number of nitrogens with zero attached hydrogens (tertiary/aromatic N) is 1. The van der Waals surface area contributed by atoms with Gasteiger partial charge in [0.15, 0.2) is 0 Å². The number of oxazole rings is 1. The molecule has 1 aromatic heterocycles. The highest BCUT2D eigenvalue weighted by molar-refractivity contribution is 7.89. The fourth-order valence-corrected chi connectivity index (χ4v) is 1.92. The van der Waals surface area contributed by atoms with Crippen LogP contribution in [-0.4, -0.2) is 32.7 Å². The maximum Gasteiger partial charge on any atom is 0.213 e. The summed E-state index contributed by atoms with van der Waals surface area (Å²) in [7, 11) is -1.54. The van der Waals surface area contributed by atoms with Gasteiger partial charge in [-0.3, -0.25) is 0 Å². The van der Waals surface area contributed by atoms with Crippen molar-refractivity contribution in [3.05, 3.63) is 17.8 Å². The Morgan fingerprint density at radius 3 is 2.80 bits per heavy atom. The van der Waals surface area contributed by atoms with Crippen LogP contribution < -0.4 is 10.0 Å². The summed E-state index contributed by atoms with van der Waals surface area (Å²) >= 11 is 0. The summed E-state index contributed by atoms with van der Waals surface area (Å²) in [5.41, 5.74) is 0. The van der Waals surface area contributed by atoms with E-state index in [1.165, 1.54) is 0 Å². The first-order valence-corrected chi connectivity index (χ1v) is 6.22. The minimum atomic E-state index is -3.25. The zero-order valence-corrected chi connectivity index (χ0v) is 9.60. The van der Waals surface area contributed by atoms with Crippen LogP contribution in [0.15, 0.2) is 10.6 Å². The molecule has 0 spiro atoms. The van der Waals surface area contributed by atoms with Crippen molar-refractivity contribution in [2.75, 3.05) is 19.3 Å². The highest BCUT2D eigenvalue weighted by Crippen LogP contribution is 2.01. The molecule has 0 amide bonds. The predicted molar refractivity (Wildman–Crippen MR) is 55.8 cm³/mol. The molecule has 0 aliphatic heterocycles. The van der Waals surface area contributed by atoms with Crippen molar-refractivity contribution in [2.24, 2.45) is 0 Å². The first kappa shape index (κ1) is 12.2. The molecular formula is C8H15N3O3S. The fourth-order valence-electron chi connectivity index (χ4n) is 0.963. The van der Waals surface area contributed by atoms with Gasteiger partial charge in [-0.2, -0.15) is 0 Å². The van der Waals surface area contributed by atoms with E-state index in [1.54, 1.807) is 20.2 Å². The van der Waals surface area contributed by atoms with Gasteiger partial charge in [0.1, 0.15) is 5.76 Å². The van der Waals surface area contributed by atoms with Crippen LogP contribution in [0.5, 0.6) is 0 Å². The van der Waals surface area contributed by atoms with Gasteiger partial charge in [-0.25, -0.2) is 18.1 Å². The van der Waals surface area contributed by atoms with Crippen molar-refractivity contribution in [3.8, 4) is 0 Å². The predicted octanol–water partition coefficient (Wildman–Crippen LogP) is -0.378. The van der Waals surface area contributed by atoms with Crippen LogP contribution in [0, 0.1) is 6.92 Å². The molecule has 2 N–H and O–H groups in total. The molecule has 0 bridgehead atoms. The Balaban J connectivity index is 2.42. The van der Waals surface area contributed by atoms with E-state index in [4.69, 9.17) is 4.42 Å². The quantitative estimate of drug-likeness (QED) is 0.700. The van der Waals surface area contributed by atoms with E-state index < -0.39 is 10.0 Å². The molecule has 7 heteroatoms. The molecule has 1 aromatic rings. The Bertz CT molecular complexity index is 399. The van der Waals surface area contributed by atoms with Gasteiger partial charge in [0.2, 0.25) is 15.9 Å². The summed E-state index contributed by atoms with van der Waals surface area (Å²) in [6.45, 7) is 2.27. The molecular weight excluding hydrogens is 218 g/mol. The standard InChI is InChI=1S/C8H15N3O3S/c1-7-5-10-8(14-7)6-11-15(12,13)4-3-9-2/h5,9,11H,3-4,6H2,1-2H3. The smallest absolute Gasteiger partial charge is 0.213 e. The lowest BCUT2D eigenvalue weighted by molar-refractivity contribution is 0.463. The maximum atomic E-state index is 11.3. The molecule has 0 aromatic carbocycles. The molecule has 0 fully saturated rings. The Morgan fingerprint density at radius 2 is 2.27 bits per heavy atom. The second-order valence-corrected chi connectivity index (χ2v) is 5.03. The van der Waals surface area contributed by atoms with Crippen molar-refractivity contribution in [1.29, 1.82) is 0 Å². The van der Waals surface area contributed by atoms with E-state index in [2.05, 4.69) is 15.0 Å². The molecule has 0 aliphatic rings. The summed E-state index contributed by atoms with van der Waals surface area (Å²) in [4.78, 5) is 3.89. The molecule has 6 nitrogen and oxygen atoms in total. The molecule has 0 unspecified atom stereocenters. The average molecular weight is 233 g/mol. The van der Waals surface area contributed by atoms with Crippen molar-refractivity contribution in [2.45, 2.75) is 13.5 Å². The lowest BCUT2D eigenvalue weighted by atomic mass is 10.6. The summed E-state index contributed by atoms with van der Waals surface area (Å²) in [5, 5.41) is 2.77. The van der Waals surface area contributed by atoms with Crippen LogP contribution in [0.1, 0.15) is 11.7 Å². The van der Waals surface area contributed by atoms with E-state index in [1.807, 2.05) is 0 Å². The van der Waals surface area contributed by atoms with Gasteiger partial charge in [0, 0.05) is 6.54 Å². The van der Waals surface area contributed by atoms with E-state index in [0.29, 0.717) is 18.2 Å². The molecule has 0 aliphatic carbocycles. The van der Waals surface area contributed by atoms with Gasteiger partial charge >= 0.3 is 0 Å². The minimum absolute atomic E-state index is 0.0448. The van der Waals surface area contributed by atoms with Gasteiger partial charge in [0.05, 0.1) is 18.5 Å². The summed E-state index contributed by atoms with van der Waals surface area (Å²) in [6.07, 6.45) is 1.55. The van der Waals surface area contributed by atoms with Crippen LogP contribution in [0.4, 0.5) is 0 Å². The van der Waals surface area contributed by atoms with Crippen molar-refractivity contribution < 1.29 is 12.8 Å². The van der Waals surface area contributed by atoms with Gasteiger partial charge in [0.25, 0.3) is 0 Å². The van der Waals surface area contributed by atoms with Gasteiger partial charge in [-0.05, 0) is 14.0 Å². The van der Waals surface area contributed by atoms with Crippen LogP contribution in [-0.2, 0) is 16.6 Å².